The third kappa shape index (κ3) is 3.73. The smallest absolute Gasteiger partial charge is 0.241 e. The summed E-state index contributed by atoms with van der Waals surface area (Å²) in [6, 6.07) is 16.2. The topological polar surface area (TPSA) is 48.5 Å². The van der Waals surface area contributed by atoms with Crippen LogP contribution in [0, 0.1) is 0 Å². The standard InChI is InChI=1S/C21H28N4O/c1-15-14-24(18(4)21(26)23-19-10-6-5-7-11-19)16(2)17(3)25(15)20-12-8-9-13-22-20/h5-13,15-18H,14H2,1-4H3,(H,23,26). The first-order chi connectivity index (χ1) is 12.5. The van der Waals surface area contributed by atoms with Gasteiger partial charge in [0.1, 0.15) is 5.82 Å². The zero-order chi connectivity index (χ0) is 18.7. The number of aromatic nitrogens is 1. The van der Waals surface area contributed by atoms with Crippen LogP contribution in [0.25, 0.3) is 0 Å². The molecule has 1 aromatic heterocycles. The molecule has 1 aliphatic rings. The fraction of sp³-hybridized carbons (Fsp3) is 0.429. The number of hydrogen-bond acceptors (Lipinski definition) is 4. The van der Waals surface area contributed by atoms with E-state index in [1.54, 1.807) is 0 Å². The van der Waals surface area contributed by atoms with Crippen molar-refractivity contribution in [2.75, 3.05) is 16.8 Å². The second-order valence-corrected chi connectivity index (χ2v) is 7.15. The number of nitrogens with one attached hydrogen (secondary N) is 1. The van der Waals surface area contributed by atoms with Crippen molar-refractivity contribution in [2.45, 2.75) is 51.9 Å². The minimum atomic E-state index is -0.194. The Hall–Kier alpha value is -2.40. The summed E-state index contributed by atoms with van der Waals surface area (Å²) >= 11 is 0. The van der Waals surface area contributed by atoms with Gasteiger partial charge in [0.05, 0.1) is 6.04 Å². The van der Waals surface area contributed by atoms with Crippen LogP contribution in [-0.2, 0) is 4.79 Å². The first-order valence-electron chi connectivity index (χ1n) is 9.30. The van der Waals surface area contributed by atoms with Crippen LogP contribution in [0.3, 0.4) is 0 Å². The molecule has 0 spiro atoms. The fourth-order valence-electron chi connectivity index (χ4n) is 3.84. The maximum absolute atomic E-state index is 12.7. The van der Waals surface area contributed by atoms with Gasteiger partial charge in [-0.1, -0.05) is 24.3 Å². The van der Waals surface area contributed by atoms with E-state index in [4.69, 9.17) is 0 Å². The molecule has 0 aliphatic carbocycles. The minimum absolute atomic E-state index is 0.0359. The number of carbonyl (C=O) groups is 1. The van der Waals surface area contributed by atoms with Crippen LogP contribution in [0.1, 0.15) is 27.7 Å². The van der Waals surface area contributed by atoms with Gasteiger partial charge in [0.25, 0.3) is 0 Å². The highest BCUT2D eigenvalue weighted by molar-refractivity contribution is 5.94. The van der Waals surface area contributed by atoms with E-state index < -0.39 is 0 Å². The van der Waals surface area contributed by atoms with Crippen molar-refractivity contribution in [3.05, 3.63) is 54.7 Å². The third-order valence-electron chi connectivity index (χ3n) is 5.44. The summed E-state index contributed by atoms with van der Waals surface area (Å²) in [4.78, 5) is 21.9. The molecule has 26 heavy (non-hydrogen) atoms. The molecule has 2 aromatic rings. The van der Waals surface area contributed by atoms with E-state index in [2.05, 4.69) is 46.9 Å². The SMILES string of the molecule is CC(C(=O)Nc1ccccc1)N1CC(C)N(c2ccccn2)C(C)C1C. The average molecular weight is 352 g/mol. The van der Waals surface area contributed by atoms with Crippen molar-refractivity contribution in [3.63, 3.8) is 0 Å². The molecule has 1 amide bonds. The molecule has 3 rings (SSSR count). The van der Waals surface area contributed by atoms with Crippen molar-refractivity contribution in [2.24, 2.45) is 0 Å². The van der Waals surface area contributed by atoms with Gasteiger partial charge in [0, 0.05) is 36.6 Å². The molecule has 0 radical (unpaired) electrons. The molecular formula is C21H28N4O. The van der Waals surface area contributed by atoms with Gasteiger partial charge in [-0.3, -0.25) is 9.69 Å². The lowest BCUT2D eigenvalue weighted by atomic mass is 9.98. The lowest BCUT2D eigenvalue weighted by molar-refractivity contribution is -0.122. The maximum Gasteiger partial charge on any atom is 0.241 e. The van der Waals surface area contributed by atoms with Crippen LogP contribution in [0.15, 0.2) is 54.7 Å². The second-order valence-electron chi connectivity index (χ2n) is 7.15. The number of nitrogens with zero attached hydrogens (tertiary/aromatic N) is 3. The molecule has 2 heterocycles. The monoisotopic (exact) mass is 352 g/mol. The van der Waals surface area contributed by atoms with Gasteiger partial charge in [-0.25, -0.2) is 4.98 Å². The Kier molecular flexibility index (Phi) is 5.57. The zero-order valence-corrected chi connectivity index (χ0v) is 16.0. The summed E-state index contributed by atoms with van der Waals surface area (Å²) in [5.74, 6) is 1.04. The number of rotatable bonds is 4. The Bertz CT molecular complexity index is 721. The Balaban J connectivity index is 1.72. The van der Waals surface area contributed by atoms with Crippen LogP contribution < -0.4 is 10.2 Å². The van der Waals surface area contributed by atoms with Gasteiger partial charge in [-0.15, -0.1) is 0 Å². The summed E-state index contributed by atoms with van der Waals surface area (Å²) in [5.41, 5.74) is 0.838. The number of anilines is 2. The molecule has 4 unspecified atom stereocenters. The normalized spacial score (nSPS) is 24.9. The molecule has 1 aliphatic heterocycles. The number of pyridine rings is 1. The van der Waals surface area contributed by atoms with E-state index in [0.29, 0.717) is 0 Å². The predicted molar refractivity (Wildman–Crippen MR) is 106 cm³/mol. The Morgan fingerprint density at radius 2 is 1.77 bits per heavy atom. The largest absolute Gasteiger partial charge is 0.348 e. The third-order valence-corrected chi connectivity index (χ3v) is 5.44. The van der Waals surface area contributed by atoms with E-state index in [0.717, 1.165) is 18.1 Å². The highest BCUT2D eigenvalue weighted by Gasteiger charge is 2.39. The van der Waals surface area contributed by atoms with E-state index >= 15 is 0 Å². The highest BCUT2D eigenvalue weighted by Crippen LogP contribution is 2.28. The van der Waals surface area contributed by atoms with Crippen LogP contribution >= 0.6 is 0 Å². The molecule has 1 aromatic carbocycles. The summed E-state index contributed by atoms with van der Waals surface area (Å²) in [6.07, 6.45) is 1.84. The van der Waals surface area contributed by atoms with E-state index in [1.165, 1.54) is 0 Å². The van der Waals surface area contributed by atoms with Crippen LogP contribution in [-0.4, -0.2) is 46.5 Å². The number of carbonyl (C=O) groups excluding carboxylic acids is 1. The van der Waals surface area contributed by atoms with Gasteiger partial charge in [-0.05, 0) is 52.0 Å². The van der Waals surface area contributed by atoms with E-state index in [1.807, 2.05) is 55.6 Å². The number of amides is 1. The molecule has 5 nitrogen and oxygen atoms in total. The quantitative estimate of drug-likeness (QED) is 0.916. The molecule has 5 heteroatoms. The summed E-state index contributed by atoms with van der Waals surface area (Å²) in [6.45, 7) is 9.42. The highest BCUT2D eigenvalue weighted by atomic mass is 16.2. The van der Waals surface area contributed by atoms with Crippen LogP contribution in [0.4, 0.5) is 11.5 Å². The van der Waals surface area contributed by atoms with Gasteiger partial charge in [-0.2, -0.15) is 0 Å². The van der Waals surface area contributed by atoms with Gasteiger partial charge < -0.3 is 10.2 Å². The van der Waals surface area contributed by atoms with Crippen molar-refractivity contribution < 1.29 is 4.79 Å². The maximum atomic E-state index is 12.7. The molecule has 1 N–H and O–H groups in total. The second kappa shape index (κ2) is 7.87. The Morgan fingerprint density at radius 1 is 1.08 bits per heavy atom. The first-order valence-corrected chi connectivity index (χ1v) is 9.30. The van der Waals surface area contributed by atoms with Crippen molar-refractivity contribution >= 4 is 17.4 Å². The van der Waals surface area contributed by atoms with Crippen LogP contribution in [0.2, 0.25) is 0 Å². The average Bonchev–Trinajstić information content (AvgIpc) is 2.66. The van der Waals surface area contributed by atoms with Crippen molar-refractivity contribution in [1.29, 1.82) is 0 Å². The van der Waals surface area contributed by atoms with Crippen molar-refractivity contribution in [1.82, 2.24) is 9.88 Å². The Labute approximate surface area is 156 Å². The van der Waals surface area contributed by atoms with E-state index in [-0.39, 0.29) is 30.1 Å². The van der Waals surface area contributed by atoms with Gasteiger partial charge in [0.2, 0.25) is 5.91 Å². The number of benzene rings is 1. The molecule has 138 valence electrons. The van der Waals surface area contributed by atoms with Gasteiger partial charge >= 0.3 is 0 Å². The van der Waals surface area contributed by atoms with E-state index in [9.17, 15) is 4.79 Å². The fourth-order valence-corrected chi connectivity index (χ4v) is 3.84. The molecule has 4 atom stereocenters. The van der Waals surface area contributed by atoms with Crippen LogP contribution in [0.5, 0.6) is 0 Å². The molecule has 1 fully saturated rings. The number of para-hydroxylation sites is 1. The number of piperazine rings is 1. The lowest BCUT2D eigenvalue weighted by Crippen LogP contribution is -2.65. The predicted octanol–water partition coefficient (Wildman–Crippen LogP) is 3.40. The molecular weight excluding hydrogens is 324 g/mol. The first kappa shape index (κ1) is 18.4. The summed E-state index contributed by atoms with van der Waals surface area (Å²) in [7, 11) is 0. The molecule has 0 saturated carbocycles. The Morgan fingerprint density at radius 3 is 2.42 bits per heavy atom. The van der Waals surface area contributed by atoms with Gasteiger partial charge in [0.15, 0.2) is 0 Å². The minimum Gasteiger partial charge on any atom is -0.348 e. The zero-order valence-electron chi connectivity index (χ0n) is 16.0. The van der Waals surface area contributed by atoms with Crippen molar-refractivity contribution in [3.8, 4) is 0 Å². The summed E-state index contributed by atoms with van der Waals surface area (Å²) < 4.78 is 0. The molecule has 1 saturated heterocycles. The summed E-state index contributed by atoms with van der Waals surface area (Å²) in [5, 5.41) is 3.03. The number of hydrogen-bond donors (Lipinski definition) is 1. The lowest BCUT2D eigenvalue weighted by Gasteiger charge is -2.51. The molecule has 0 bridgehead atoms.